The van der Waals surface area contributed by atoms with Crippen molar-refractivity contribution in [2.24, 2.45) is 4.99 Å². The summed E-state index contributed by atoms with van der Waals surface area (Å²) in [5, 5.41) is 6.77. The third-order valence-electron chi connectivity index (χ3n) is 5.06. The SMILES string of the molecule is CN=C(NCCN1CCCN(C)CC1)NCC(C)(C)c1cccc(F)c1. The molecule has 1 fully saturated rings. The second-order valence-corrected chi connectivity index (χ2v) is 7.75. The van der Waals surface area contributed by atoms with Crippen LogP contribution in [0.2, 0.25) is 0 Å². The standard InChI is InChI=1S/C20H34FN5/c1-20(2,17-7-5-8-18(21)15-17)16-24-19(22-3)23-9-12-26-11-6-10-25(4)13-14-26/h5,7-8,15H,6,9-14,16H2,1-4H3,(H2,22,23,24). The topological polar surface area (TPSA) is 42.9 Å². The lowest BCUT2D eigenvalue weighted by molar-refractivity contribution is 0.280. The highest BCUT2D eigenvalue weighted by Crippen LogP contribution is 2.22. The quantitative estimate of drug-likeness (QED) is 0.599. The fourth-order valence-electron chi connectivity index (χ4n) is 3.19. The van der Waals surface area contributed by atoms with Gasteiger partial charge in [-0.15, -0.1) is 0 Å². The molecule has 1 aliphatic rings. The van der Waals surface area contributed by atoms with Crippen molar-refractivity contribution in [2.45, 2.75) is 25.7 Å². The van der Waals surface area contributed by atoms with Gasteiger partial charge in [-0.2, -0.15) is 0 Å². The van der Waals surface area contributed by atoms with Gasteiger partial charge < -0.3 is 20.4 Å². The third kappa shape index (κ3) is 6.57. The minimum Gasteiger partial charge on any atom is -0.356 e. The van der Waals surface area contributed by atoms with Gasteiger partial charge in [0.1, 0.15) is 5.82 Å². The molecule has 0 radical (unpaired) electrons. The molecule has 0 aromatic heterocycles. The number of hydrogen-bond acceptors (Lipinski definition) is 3. The van der Waals surface area contributed by atoms with E-state index in [0.29, 0.717) is 6.54 Å². The van der Waals surface area contributed by atoms with Gasteiger partial charge in [-0.1, -0.05) is 26.0 Å². The Bertz CT molecular complexity index is 587. The second kappa shape index (κ2) is 9.88. The normalized spacial score (nSPS) is 17.8. The Morgan fingerprint density at radius 2 is 2.00 bits per heavy atom. The van der Waals surface area contributed by atoms with Gasteiger partial charge in [-0.25, -0.2) is 4.39 Å². The highest BCUT2D eigenvalue weighted by molar-refractivity contribution is 5.79. The first-order chi connectivity index (χ1) is 12.4. The Morgan fingerprint density at radius 1 is 1.19 bits per heavy atom. The molecule has 1 aromatic rings. The average molecular weight is 364 g/mol. The second-order valence-electron chi connectivity index (χ2n) is 7.75. The molecule has 6 heteroatoms. The molecule has 1 aromatic carbocycles. The first-order valence-electron chi connectivity index (χ1n) is 9.52. The summed E-state index contributed by atoms with van der Waals surface area (Å²) in [7, 11) is 3.97. The molecular weight excluding hydrogens is 329 g/mol. The predicted molar refractivity (Wildman–Crippen MR) is 107 cm³/mol. The van der Waals surface area contributed by atoms with Crippen molar-refractivity contribution < 1.29 is 4.39 Å². The minimum atomic E-state index is -0.193. The number of aliphatic imine (C=N–C) groups is 1. The highest BCUT2D eigenvalue weighted by Gasteiger charge is 2.21. The van der Waals surface area contributed by atoms with E-state index in [0.717, 1.165) is 44.2 Å². The lowest BCUT2D eigenvalue weighted by atomic mass is 9.84. The van der Waals surface area contributed by atoms with E-state index in [2.05, 4.69) is 46.3 Å². The molecule has 0 unspecified atom stereocenters. The van der Waals surface area contributed by atoms with E-state index in [-0.39, 0.29) is 11.2 Å². The summed E-state index contributed by atoms with van der Waals surface area (Å²) in [4.78, 5) is 9.20. The molecule has 0 saturated carbocycles. The molecule has 2 rings (SSSR count). The summed E-state index contributed by atoms with van der Waals surface area (Å²) < 4.78 is 13.5. The van der Waals surface area contributed by atoms with Crippen molar-refractivity contribution in [3.8, 4) is 0 Å². The monoisotopic (exact) mass is 363 g/mol. The maximum atomic E-state index is 13.5. The fraction of sp³-hybridized carbons (Fsp3) is 0.650. The van der Waals surface area contributed by atoms with Gasteiger partial charge in [0.15, 0.2) is 5.96 Å². The van der Waals surface area contributed by atoms with Crippen LogP contribution in [-0.2, 0) is 5.41 Å². The molecule has 1 aliphatic heterocycles. The largest absolute Gasteiger partial charge is 0.356 e. The zero-order valence-corrected chi connectivity index (χ0v) is 16.7. The van der Waals surface area contributed by atoms with Crippen molar-refractivity contribution in [3.63, 3.8) is 0 Å². The Hall–Kier alpha value is -1.66. The van der Waals surface area contributed by atoms with E-state index >= 15 is 0 Å². The third-order valence-corrected chi connectivity index (χ3v) is 5.06. The van der Waals surface area contributed by atoms with E-state index in [1.807, 2.05) is 6.07 Å². The molecule has 26 heavy (non-hydrogen) atoms. The molecule has 146 valence electrons. The maximum absolute atomic E-state index is 13.5. The van der Waals surface area contributed by atoms with Gasteiger partial charge in [-0.3, -0.25) is 4.99 Å². The number of likely N-dealkylation sites (N-methyl/N-ethyl adjacent to an activating group) is 1. The number of nitrogens with zero attached hydrogens (tertiary/aromatic N) is 3. The van der Waals surface area contributed by atoms with Gasteiger partial charge in [0.2, 0.25) is 0 Å². The predicted octanol–water partition coefficient (Wildman–Crippen LogP) is 1.91. The van der Waals surface area contributed by atoms with E-state index < -0.39 is 0 Å². The van der Waals surface area contributed by atoms with Gasteiger partial charge in [0.25, 0.3) is 0 Å². The molecule has 1 heterocycles. The number of benzene rings is 1. The van der Waals surface area contributed by atoms with Crippen molar-refractivity contribution in [1.29, 1.82) is 0 Å². The van der Waals surface area contributed by atoms with E-state index in [1.165, 1.54) is 19.0 Å². The van der Waals surface area contributed by atoms with Gasteiger partial charge in [0.05, 0.1) is 0 Å². The summed E-state index contributed by atoms with van der Waals surface area (Å²) in [5.74, 6) is 0.600. The highest BCUT2D eigenvalue weighted by atomic mass is 19.1. The molecule has 1 saturated heterocycles. The van der Waals surface area contributed by atoms with Crippen LogP contribution in [0.25, 0.3) is 0 Å². The number of halogens is 1. The molecular formula is C20H34FN5. The van der Waals surface area contributed by atoms with Crippen LogP contribution < -0.4 is 10.6 Å². The number of hydrogen-bond donors (Lipinski definition) is 2. The van der Waals surface area contributed by atoms with Crippen LogP contribution in [0.4, 0.5) is 4.39 Å². The lowest BCUT2D eigenvalue weighted by Crippen LogP contribution is -2.45. The van der Waals surface area contributed by atoms with Crippen LogP contribution >= 0.6 is 0 Å². The molecule has 0 aliphatic carbocycles. The Kier molecular flexibility index (Phi) is 7.85. The minimum absolute atomic E-state index is 0.185. The number of rotatable bonds is 6. The smallest absolute Gasteiger partial charge is 0.191 e. The van der Waals surface area contributed by atoms with Crippen LogP contribution in [0, 0.1) is 5.82 Å². The van der Waals surface area contributed by atoms with Crippen molar-refractivity contribution >= 4 is 5.96 Å². The summed E-state index contributed by atoms with van der Waals surface area (Å²) in [6, 6.07) is 6.82. The summed E-state index contributed by atoms with van der Waals surface area (Å²) in [6.45, 7) is 11.4. The van der Waals surface area contributed by atoms with Crippen LogP contribution in [0.15, 0.2) is 29.3 Å². The first-order valence-corrected chi connectivity index (χ1v) is 9.52. The zero-order chi connectivity index (χ0) is 19.0. The van der Waals surface area contributed by atoms with E-state index in [1.54, 1.807) is 19.2 Å². The number of nitrogens with one attached hydrogen (secondary N) is 2. The summed E-state index contributed by atoms with van der Waals surface area (Å²) in [5.41, 5.74) is 0.795. The molecule has 0 bridgehead atoms. The van der Waals surface area contributed by atoms with Gasteiger partial charge in [-0.05, 0) is 44.3 Å². The van der Waals surface area contributed by atoms with Gasteiger partial charge >= 0.3 is 0 Å². The molecule has 0 amide bonds. The van der Waals surface area contributed by atoms with Crippen molar-refractivity contribution in [2.75, 3.05) is 59.9 Å². The van der Waals surface area contributed by atoms with Crippen LogP contribution in [0.5, 0.6) is 0 Å². The molecule has 0 atom stereocenters. The van der Waals surface area contributed by atoms with E-state index in [4.69, 9.17) is 0 Å². The number of guanidine groups is 1. The summed E-state index contributed by atoms with van der Waals surface area (Å²) in [6.07, 6.45) is 1.23. The molecule has 2 N–H and O–H groups in total. The fourth-order valence-corrected chi connectivity index (χ4v) is 3.19. The van der Waals surface area contributed by atoms with Crippen LogP contribution in [0.3, 0.4) is 0 Å². The van der Waals surface area contributed by atoms with Crippen molar-refractivity contribution in [3.05, 3.63) is 35.6 Å². The first kappa shape index (κ1) is 20.6. The van der Waals surface area contributed by atoms with Crippen molar-refractivity contribution in [1.82, 2.24) is 20.4 Å². The van der Waals surface area contributed by atoms with Crippen LogP contribution in [0.1, 0.15) is 25.8 Å². The van der Waals surface area contributed by atoms with Crippen LogP contribution in [-0.4, -0.2) is 75.7 Å². The molecule has 0 spiro atoms. The zero-order valence-electron chi connectivity index (χ0n) is 16.7. The Morgan fingerprint density at radius 3 is 2.73 bits per heavy atom. The molecule has 5 nitrogen and oxygen atoms in total. The summed E-state index contributed by atoms with van der Waals surface area (Å²) >= 11 is 0. The Balaban J connectivity index is 1.77. The maximum Gasteiger partial charge on any atom is 0.191 e. The lowest BCUT2D eigenvalue weighted by Gasteiger charge is -2.27. The Labute approximate surface area is 157 Å². The van der Waals surface area contributed by atoms with E-state index in [9.17, 15) is 4.39 Å². The average Bonchev–Trinajstić information content (AvgIpc) is 2.82. The van der Waals surface area contributed by atoms with Gasteiger partial charge in [0, 0.05) is 45.2 Å².